The number of carbonyl (C=O) groups excluding carboxylic acids is 1. The maximum absolute atomic E-state index is 13.2. The minimum absolute atomic E-state index is 0.0708. The SMILES string of the molecule is COC[C@@H]1Cn2ncc([S@@](N)(=O)=NC(=O)Nc3c(-c4ccnc(OC)c4)ccc4c3CC4)c2O1. The monoisotopic (exact) mass is 484 g/mol. The lowest BCUT2D eigenvalue weighted by Crippen LogP contribution is -2.22. The Morgan fingerprint density at radius 3 is 2.94 bits per heavy atom. The van der Waals surface area contributed by atoms with Crippen LogP contribution < -0.4 is 19.9 Å². The summed E-state index contributed by atoms with van der Waals surface area (Å²) >= 11 is 0. The van der Waals surface area contributed by atoms with Gasteiger partial charge in [0.2, 0.25) is 11.8 Å². The molecule has 0 fully saturated rings. The first-order valence-electron chi connectivity index (χ1n) is 10.6. The summed E-state index contributed by atoms with van der Waals surface area (Å²) < 4.78 is 34.7. The van der Waals surface area contributed by atoms with E-state index in [-0.39, 0.29) is 16.9 Å². The molecule has 1 aromatic carbocycles. The standard InChI is InChI=1S/C22H24N6O5S/c1-31-12-15-11-28-21(33-15)18(10-25-28)34(23,30)27-22(29)26-20-16-5-3-13(16)4-6-17(20)14-7-8-24-19(9-14)32-2/h4,6-10,15H,3,5,11-12H2,1-2H3,(H3,23,26,27,29,30)/t15-,34-/m0/s1. The number of aromatic nitrogens is 3. The van der Waals surface area contributed by atoms with Crippen LogP contribution in [-0.4, -0.2) is 51.9 Å². The molecule has 178 valence electrons. The van der Waals surface area contributed by atoms with Gasteiger partial charge in [-0.05, 0) is 35.6 Å². The zero-order valence-corrected chi connectivity index (χ0v) is 19.5. The Morgan fingerprint density at radius 1 is 1.35 bits per heavy atom. The maximum Gasteiger partial charge on any atom is 0.354 e. The molecule has 1 aliphatic heterocycles. The predicted octanol–water partition coefficient (Wildman–Crippen LogP) is 2.39. The van der Waals surface area contributed by atoms with E-state index in [0.29, 0.717) is 24.7 Å². The molecule has 0 bridgehead atoms. The number of nitrogens with zero attached hydrogens (tertiary/aromatic N) is 4. The number of urea groups is 1. The Bertz CT molecular complexity index is 1390. The van der Waals surface area contributed by atoms with Gasteiger partial charge in [-0.3, -0.25) is 0 Å². The summed E-state index contributed by atoms with van der Waals surface area (Å²) in [6, 6.07) is 6.75. The van der Waals surface area contributed by atoms with Gasteiger partial charge >= 0.3 is 6.03 Å². The number of anilines is 1. The second-order valence-electron chi connectivity index (χ2n) is 7.99. The highest BCUT2D eigenvalue weighted by Crippen LogP contribution is 2.39. The van der Waals surface area contributed by atoms with E-state index in [1.165, 1.54) is 18.0 Å². The average molecular weight is 485 g/mol. The lowest BCUT2D eigenvalue weighted by molar-refractivity contribution is 0.0920. The van der Waals surface area contributed by atoms with E-state index in [2.05, 4.69) is 19.8 Å². The summed E-state index contributed by atoms with van der Waals surface area (Å²) in [6.45, 7) is 0.772. The van der Waals surface area contributed by atoms with E-state index >= 15 is 0 Å². The van der Waals surface area contributed by atoms with Crippen molar-refractivity contribution in [2.75, 3.05) is 26.1 Å². The van der Waals surface area contributed by atoms with Gasteiger partial charge in [0, 0.05) is 24.9 Å². The number of amides is 2. The third-order valence-electron chi connectivity index (χ3n) is 5.84. The summed E-state index contributed by atoms with van der Waals surface area (Å²) in [6.07, 6.45) is 4.41. The van der Waals surface area contributed by atoms with Gasteiger partial charge in [-0.1, -0.05) is 12.1 Å². The van der Waals surface area contributed by atoms with Crippen molar-refractivity contribution in [3.05, 3.63) is 47.8 Å². The zero-order chi connectivity index (χ0) is 23.9. The fourth-order valence-electron chi connectivity index (χ4n) is 4.13. The summed E-state index contributed by atoms with van der Waals surface area (Å²) in [5.74, 6) is 0.688. The van der Waals surface area contributed by atoms with Crippen molar-refractivity contribution in [2.45, 2.75) is 30.4 Å². The molecule has 0 radical (unpaired) electrons. The third kappa shape index (κ3) is 4.00. The molecule has 11 nitrogen and oxygen atoms in total. The molecule has 0 spiro atoms. The highest BCUT2D eigenvalue weighted by molar-refractivity contribution is 7.91. The molecule has 5 rings (SSSR count). The lowest BCUT2D eigenvalue weighted by Gasteiger charge is -2.25. The lowest BCUT2D eigenvalue weighted by atomic mass is 9.84. The van der Waals surface area contributed by atoms with Crippen molar-refractivity contribution in [2.24, 2.45) is 9.50 Å². The number of aryl methyl sites for hydroxylation is 1. The van der Waals surface area contributed by atoms with Gasteiger partial charge in [-0.15, -0.1) is 4.36 Å². The van der Waals surface area contributed by atoms with Crippen LogP contribution in [0.15, 0.2) is 45.9 Å². The number of carbonyl (C=O) groups is 1. The van der Waals surface area contributed by atoms with E-state index in [9.17, 15) is 9.00 Å². The number of ether oxygens (including phenoxy) is 3. The van der Waals surface area contributed by atoms with Crippen LogP contribution in [0.3, 0.4) is 0 Å². The number of benzene rings is 1. The van der Waals surface area contributed by atoms with Crippen LogP contribution in [0.1, 0.15) is 11.1 Å². The van der Waals surface area contributed by atoms with Crippen molar-refractivity contribution in [1.82, 2.24) is 14.8 Å². The number of fused-ring (bicyclic) bond motifs is 2. The highest BCUT2D eigenvalue weighted by atomic mass is 32.2. The number of pyridine rings is 1. The van der Waals surface area contributed by atoms with Gasteiger partial charge in [0.05, 0.1) is 32.1 Å². The fourth-order valence-corrected chi connectivity index (χ4v) is 5.13. The number of methoxy groups -OCH3 is 2. The van der Waals surface area contributed by atoms with Crippen molar-refractivity contribution >= 4 is 21.6 Å². The van der Waals surface area contributed by atoms with Gasteiger partial charge < -0.3 is 19.5 Å². The minimum atomic E-state index is -3.61. The number of rotatable bonds is 6. The van der Waals surface area contributed by atoms with E-state index in [1.54, 1.807) is 19.4 Å². The van der Waals surface area contributed by atoms with Crippen molar-refractivity contribution in [1.29, 1.82) is 0 Å². The van der Waals surface area contributed by atoms with E-state index in [0.717, 1.165) is 35.1 Å². The van der Waals surface area contributed by atoms with Gasteiger partial charge in [0.1, 0.15) is 11.0 Å². The number of hydrogen-bond donors (Lipinski definition) is 2. The van der Waals surface area contributed by atoms with Gasteiger partial charge in [-0.2, -0.15) is 5.10 Å². The molecule has 2 atom stereocenters. The summed E-state index contributed by atoms with van der Waals surface area (Å²) in [7, 11) is -0.509. The third-order valence-corrected chi connectivity index (χ3v) is 7.19. The van der Waals surface area contributed by atoms with Crippen LogP contribution >= 0.6 is 0 Å². The van der Waals surface area contributed by atoms with E-state index in [1.807, 2.05) is 18.2 Å². The van der Waals surface area contributed by atoms with Crippen molar-refractivity contribution in [3.63, 3.8) is 0 Å². The van der Waals surface area contributed by atoms with Gasteiger partial charge in [0.25, 0.3) is 0 Å². The van der Waals surface area contributed by atoms with Crippen LogP contribution in [-0.2, 0) is 34.0 Å². The van der Waals surface area contributed by atoms with Crippen LogP contribution in [0.5, 0.6) is 11.8 Å². The minimum Gasteiger partial charge on any atom is -0.481 e. The van der Waals surface area contributed by atoms with Crippen LogP contribution in [0.4, 0.5) is 10.5 Å². The molecule has 12 heteroatoms. The predicted molar refractivity (Wildman–Crippen MR) is 124 cm³/mol. The molecule has 3 N–H and O–H groups in total. The number of nitrogens with one attached hydrogen (secondary N) is 1. The molecule has 2 amide bonds. The molecule has 0 saturated carbocycles. The van der Waals surface area contributed by atoms with Crippen molar-refractivity contribution in [3.8, 4) is 22.9 Å². The molecule has 2 aromatic heterocycles. The molecule has 0 unspecified atom stereocenters. The van der Waals surface area contributed by atoms with Crippen LogP contribution in [0.25, 0.3) is 11.1 Å². The van der Waals surface area contributed by atoms with E-state index in [4.69, 9.17) is 19.3 Å². The maximum atomic E-state index is 13.2. The first-order valence-corrected chi connectivity index (χ1v) is 12.2. The molecule has 0 saturated heterocycles. The molecule has 2 aliphatic rings. The quantitative estimate of drug-likeness (QED) is 0.547. The Kier molecular flexibility index (Phi) is 5.71. The zero-order valence-electron chi connectivity index (χ0n) is 18.7. The number of nitrogens with two attached hydrogens (primary N) is 1. The smallest absolute Gasteiger partial charge is 0.354 e. The van der Waals surface area contributed by atoms with E-state index < -0.39 is 15.9 Å². The first kappa shape index (κ1) is 22.3. The highest BCUT2D eigenvalue weighted by Gasteiger charge is 2.31. The molecule has 3 heterocycles. The molecule has 34 heavy (non-hydrogen) atoms. The summed E-state index contributed by atoms with van der Waals surface area (Å²) in [5.41, 5.74) is 4.36. The molecule has 1 aliphatic carbocycles. The second-order valence-corrected chi connectivity index (χ2v) is 9.75. The second kappa shape index (κ2) is 8.70. The van der Waals surface area contributed by atoms with Gasteiger partial charge in [-0.25, -0.2) is 23.8 Å². The summed E-state index contributed by atoms with van der Waals surface area (Å²) in [4.78, 5) is 17.1. The summed E-state index contributed by atoms with van der Waals surface area (Å²) in [5, 5.41) is 13.0. The van der Waals surface area contributed by atoms with Gasteiger partial charge in [0.15, 0.2) is 9.92 Å². The first-order chi connectivity index (χ1) is 16.4. The Labute approximate surface area is 196 Å². The van der Waals surface area contributed by atoms with Crippen LogP contribution in [0, 0.1) is 0 Å². The number of hydrogen-bond acceptors (Lipinski definition) is 7. The average Bonchev–Trinajstić information content (AvgIpc) is 3.35. The van der Waals surface area contributed by atoms with Crippen molar-refractivity contribution < 1.29 is 23.2 Å². The fraction of sp³-hybridized carbons (Fsp3) is 0.318. The van der Waals surface area contributed by atoms with Crippen LogP contribution in [0.2, 0.25) is 0 Å². The largest absolute Gasteiger partial charge is 0.481 e. The topological polar surface area (TPSA) is 143 Å². The molecule has 3 aromatic rings. The molecular weight excluding hydrogens is 460 g/mol. The Balaban J connectivity index is 1.46. The Morgan fingerprint density at radius 2 is 2.21 bits per heavy atom. The Hall–Kier alpha value is -3.48. The molecular formula is C22H24N6O5S. The normalized spacial score (nSPS) is 17.6.